The molecular formula is C15H14IN3O5. The van der Waals surface area contributed by atoms with E-state index in [9.17, 15) is 14.4 Å². The minimum Gasteiger partial charge on any atom is -0.465 e. The van der Waals surface area contributed by atoms with E-state index in [0.29, 0.717) is 3.57 Å². The van der Waals surface area contributed by atoms with Crippen molar-refractivity contribution in [1.82, 2.24) is 9.78 Å². The number of anilines is 1. The number of aromatic nitrogens is 2. The van der Waals surface area contributed by atoms with Gasteiger partial charge in [0.1, 0.15) is 0 Å². The third kappa shape index (κ3) is 3.91. The number of ether oxygens (including phenoxy) is 2. The molecule has 2 rings (SSSR count). The Labute approximate surface area is 151 Å². The average molecular weight is 443 g/mol. The first kappa shape index (κ1) is 17.9. The zero-order valence-electron chi connectivity index (χ0n) is 13.1. The lowest BCUT2D eigenvalue weighted by Gasteiger charge is -2.09. The second kappa shape index (κ2) is 7.43. The van der Waals surface area contributed by atoms with Crippen LogP contribution in [0.5, 0.6) is 0 Å². The minimum absolute atomic E-state index is 0.117. The van der Waals surface area contributed by atoms with Crippen LogP contribution in [0.1, 0.15) is 31.2 Å². The van der Waals surface area contributed by atoms with E-state index in [0.717, 1.165) is 0 Å². The molecule has 126 valence electrons. The fourth-order valence-corrected chi connectivity index (χ4v) is 2.73. The maximum Gasteiger partial charge on any atom is 0.337 e. The van der Waals surface area contributed by atoms with E-state index in [1.807, 2.05) is 22.6 Å². The molecule has 0 atom stereocenters. The molecule has 1 N–H and O–H groups in total. The van der Waals surface area contributed by atoms with Crippen LogP contribution in [0.25, 0.3) is 0 Å². The minimum atomic E-state index is -0.635. The lowest BCUT2D eigenvalue weighted by Crippen LogP contribution is -2.16. The van der Waals surface area contributed by atoms with Gasteiger partial charge in [-0.05, 0) is 40.8 Å². The number of carbonyl (C=O) groups is 3. The Kier molecular flexibility index (Phi) is 5.54. The molecule has 0 saturated carbocycles. The van der Waals surface area contributed by atoms with Gasteiger partial charge in [-0.1, -0.05) is 0 Å². The van der Waals surface area contributed by atoms with Crippen molar-refractivity contribution in [1.29, 1.82) is 0 Å². The molecule has 1 amide bonds. The largest absolute Gasteiger partial charge is 0.465 e. The van der Waals surface area contributed by atoms with Gasteiger partial charge in [0.15, 0.2) is 5.69 Å². The fourth-order valence-electron chi connectivity index (χ4n) is 1.97. The number of nitrogens with zero attached hydrogens (tertiary/aromatic N) is 2. The number of aryl methyl sites for hydroxylation is 1. The highest BCUT2D eigenvalue weighted by molar-refractivity contribution is 14.1. The number of halogens is 1. The summed E-state index contributed by atoms with van der Waals surface area (Å²) in [6.45, 7) is 0. The third-order valence-electron chi connectivity index (χ3n) is 3.03. The number of hydrogen-bond donors (Lipinski definition) is 1. The van der Waals surface area contributed by atoms with Crippen LogP contribution in [0.2, 0.25) is 0 Å². The number of rotatable bonds is 4. The molecule has 1 heterocycles. The van der Waals surface area contributed by atoms with Gasteiger partial charge in [0.05, 0.1) is 28.9 Å². The highest BCUT2D eigenvalue weighted by Gasteiger charge is 2.18. The molecule has 0 bridgehead atoms. The van der Waals surface area contributed by atoms with Crippen LogP contribution in [-0.2, 0) is 16.5 Å². The van der Waals surface area contributed by atoms with E-state index in [2.05, 4.69) is 19.9 Å². The van der Waals surface area contributed by atoms with Crippen LogP contribution >= 0.6 is 22.6 Å². The van der Waals surface area contributed by atoms with Crippen molar-refractivity contribution < 1.29 is 23.9 Å². The lowest BCUT2D eigenvalue weighted by molar-refractivity contribution is 0.0599. The third-order valence-corrected chi connectivity index (χ3v) is 3.82. The Bertz CT molecular complexity index is 781. The number of amides is 1. The van der Waals surface area contributed by atoms with Gasteiger partial charge in [0, 0.05) is 18.9 Å². The molecule has 1 aromatic heterocycles. The van der Waals surface area contributed by atoms with Gasteiger partial charge < -0.3 is 14.8 Å². The number of benzene rings is 1. The van der Waals surface area contributed by atoms with Crippen molar-refractivity contribution >= 4 is 46.1 Å². The molecule has 0 unspecified atom stereocenters. The summed E-state index contributed by atoms with van der Waals surface area (Å²) in [5.41, 5.74) is 0.726. The maximum absolute atomic E-state index is 12.3. The molecule has 0 aliphatic heterocycles. The van der Waals surface area contributed by atoms with Crippen molar-refractivity contribution in [3.05, 3.63) is 44.8 Å². The molecule has 2 aromatic rings. The van der Waals surface area contributed by atoms with Crippen molar-refractivity contribution in [3.63, 3.8) is 0 Å². The van der Waals surface area contributed by atoms with Crippen molar-refractivity contribution in [2.45, 2.75) is 0 Å². The van der Waals surface area contributed by atoms with Gasteiger partial charge >= 0.3 is 11.9 Å². The predicted molar refractivity (Wildman–Crippen MR) is 93.0 cm³/mol. The van der Waals surface area contributed by atoms with E-state index in [1.54, 1.807) is 13.2 Å². The molecule has 0 spiro atoms. The summed E-state index contributed by atoms with van der Waals surface area (Å²) in [4.78, 5) is 35.8. The smallest absolute Gasteiger partial charge is 0.337 e. The van der Waals surface area contributed by atoms with Crippen LogP contribution in [0, 0.1) is 3.57 Å². The first-order valence-corrected chi connectivity index (χ1v) is 7.75. The quantitative estimate of drug-likeness (QED) is 0.572. The van der Waals surface area contributed by atoms with Gasteiger partial charge in [0.25, 0.3) is 5.91 Å². The Balaban J connectivity index is 2.38. The highest BCUT2D eigenvalue weighted by Crippen LogP contribution is 2.19. The van der Waals surface area contributed by atoms with Gasteiger partial charge in [-0.3, -0.25) is 9.48 Å². The zero-order valence-corrected chi connectivity index (χ0v) is 15.3. The molecule has 8 nitrogen and oxygen atoms in total. The van der Waals surface area contributed by atoms with Gasteiger partial charge in [-0.2, -0.15) is 5.10 Å². The second-order valence-corrected chi connectivity index (χ2v) is 5.90. The first-order chi connectivity index (χ1) is 11.3. The molecule has 0 saturated heterocycles. The molecule has 0 radical (unpaired) electrons. The van der Waals surface area contributed by atoms with Crippen LogP contribution in [0.15, 0.2) is 24.4 Å². The summed E-state index contributed by atoms with van der Waals surface area (Å²) in [6, 6.07) is 4.15. The Morgan fingerprint density at radius 3 is 2.04 bits per heavy atom. The molecule has 0 aliphatic carbocycles. The monoisotopic (exact) mass is 443 g/mol. The molecule has 1 aromatic carbocycles. The van der Waals surface area contributed by atoms with Crippen LogP contribution in [0.3, 0.4) is 0 Å². The van der Waals surface area contributed by atoms with Crippen molar-refractivity contribution in [2.24, 2.45) is 7.05 Å². The van der Waals surface area contributed by atoms with E-state index >= 15 is 0 Å². The predicted octanol–water partition coefficient (Wildman–Crippen LogP) is 1.85. The topological polar surface area (TPSA) is 99.5 Å². The molecular weight excluding hydrogens is 429 g/mol. The first-order valence-electron chi connectivity index (χ1n) is 6.68. The van der Waals surface area contributed by atoms with Crippen LogP contribution in [0.4, 0.5) is 5.69 Å². The van der Waals surface area contributed by atoms with E-state index in [1.165, 1.54) is 37.1 Å². The molecule has 24 heavy (non-hydrogen) atoms. The Morgan fingerprint density at radius 1 is 1.08 bits per heavy atom. The average Bonchev–Trinajstić information content (AvgIpc) is 2.91. The standard InChI is InChI=1S/C15H14IN3O5/c1-19-7-11(16)12(18-19)13(20)17-10-5-8(14(21)23-2)4-9(6-10)15(22)24-3/h4-7H,1-3H3,(H,17,20). The van der Waals surface area contributed by atoms with E-state index in [-0.39, 0.29) is 22.5 Å². The van der Waals surface area contributed by atoms with Crippen LogP contribution in [-0.4, -0.2) is 41.8 Å². The summed E-state index contributed by atoms with van der Waals surface area (Å²) in [5.74, 6) is -1.73. The Hall–Kier alpha value is -2.43. The summed E-state index contributed by atoms with van der Waals surface area (Å²) in [5, 5.41) is 6.68. The van der Waals surface area contributed by atoms with Gasteiger partial charge in [-0.25, -0.2) is 9.59 Å². The number of carbonyl (C=O) groups excluding carboxylic acids is 3. The SMILES string of the molecule is COC(=O)c1cc(NC(=O)c2nn(C)cc2I)cc(C(=O)OC)c1. The van der Waals surface area contributed by atoms with Gasteiger partial charge in [0.2, 0.25) is 0 Å². The number of methoxy groups -OCH3 is 2. The number of nitrogens with one attached hydrogen (secondary N) is 1. The Morgan fingerprint density at radius 2 is 1.62 bits per heavy atom. The normalized spacial score (nSPS) is 10.2. The summed E-state index contributed by atoms with van der Waals surface area (Å²) < 4.78 is 11.5. The lowest BCUT2D eigenvalue weighted by atomic mass is 10.1. The number of hydrogen-bond acceptors (Lipinski definition) is 6. The molecule has 0 fully saturated rings. The summed E-state index contributed by atoms with van der Waals surface area (Å²) in [6.07, 6.45) is 1.69. The molecule has 9 heteroatoms. The highest BCUT2D eigenvalue weighted by atomic mass is 127. The summed E-state index contributed by atoms with van der Waals surface area (Å²) in [7, 11) is 4.15. The van der Waals surface area contributed by atoms with E-state index in [4.69, 9.17) is 0 Å². The van der Waals surface area contributed by atoms with Crippen molar-refractivity contribution in [2.75, 3.05) is 19.5 Å². The zero-order chi connectivity index (χ0) is 17.9. The fraction of sp³-hybridized carbons (Fsp3) is 0.200. The van der Waals surface area contributed by atoms with Crippen molar-refractivity contribution in [3.8, 4) is 0 Å². The van der Waals surface area contributed by atoms with E-state index < -0.39 is 17.8 Å². The summed E-state index contributed by atoms with van der Waals surface area (Å²) >= 11 is 1.99. The second-order valence-electron chi connectivity index (χ2n) is 4.74. The number of esters is 2. The maximum atomic E-state index is 12.3. The molecule has 0 aliphatic rings. The van der Waals surface area contributed by atoms with Crippen LogP contribution < -0.4 is 5.32 Å². The van der Waals surface area contributed by atoms with Gasteiger partial charge in [-0.15, -0.1) is 0 Å².